The molecule has 2 aromatic carbocycles. The van der Waals surface area contributed by atoms with Crippen molar-refractivity contribution >= 4 is 17.6 Å². The average molecular weight is 339 g/mol. The van der Waals surface area contributed by atoms with Crippen LogP contribution in [0.15, 0.2) is 48.5 Å². The average Bonchev–Trinajstić information content (AvgIpc) is 3.08. The Morgan fingerprint density at radius 2 is 1.80 bits per heavy atom. The molecule has 0 aliphatic carbocycles. The zero-order valence-electron chi connectivity index (χ0n) is 14.2. The molecule has 1 amide bonds. The Morgan fingerprint density at radius 1 is 1.08 bits per heavy atom. The van der Waals surface area contributed by atoms with Crippen LogP contribution in [0.1, 0.15) is 28.8 Å². The van der Waals surface area contributed by atoms with Crippen LogP contribution in [0.5, 0.6) is 5.75 Å². The van der Waals surface area contributed by atoms with Gasteiger partial charge in [-0.25, -0.2) is 4.79 Å². The molecule has 130 valence electrons. The third-order valence-electron chi connectivity index (χ3n) is 4.27. The Morgan fingerprint density at radius 3 is 2.40 bits per heavy atom. The molecule has 1 heterocycles. The van der Waals surface area contributed by atoms with Gasteiger partial charge in [0.2, 0.25) is 5.91 Å². The maximum absolute atomic E-state index is 12.1. The lowest BCUT2D eigenvalue weighted by molar-refractivity contribution is -0.117. The van der Waals surface area contributed by atoms with Crippen molar-refractivity contribution in [3.8, 4) is 5.75 Å². The summed E-state index contributed by atoms with van der Waals surface area (Å²) < 4.78 is 10.4. The Bertz CT molecular complexity index is 737. The van der Waals surface area contributed by atoms with Gasteiger partial charge in [0.15, 0.2) is 0 Å². The van der Waals surface area contributed by atoms with Crippen LogP contribution in [0.25, 0.3) is 0 Å². The molecule has 3 rings (SSSR count). The number of anilines is 1. The molecule has 25 heavy (non-hydrogen) atoms. The molecular formula is C20H21NO4. The van der Waals surface area contributed by atoms with E-state index in [1.54, 1.807) is 36.3 Å². The molecule has 2 aromatic rings. The maximum atomic E-state index is 12.1. The highest BCUT2D eigenvalue weighted by molar-refractivity contribution is 5.96. The van der Waals surface area contributed by atoms with Crippen molar-refractivity contribution in [1.29, 1.82) is 0 Å². The van der Waals surface area contributed by atoms with Crippen molar-refractivity contribution in [3.05, 3.63) is 59.7 Å². The van der Waals surface area contributed by atoms with Crippen molar-refractivity contribution in [2.75, 3.05) is 25.2 Å². The van der Waals surface area contributed by atoms with Gasteiger partial charge in [0.05, 0.1) is 19.3 Å². The minimum atomic E-state index is -0.354. The first-order valence-electron chi connectivity index (χ1n) is 8.38. The quantitative estimate of drug-likeness (QED) is 0.758. The summed E-state index contributed by atoms with van der Waals surface area (Å²) in [5, 5.41) is 0. The van der Waals surface area contributed by atoms with Crippen molar-refractivity contribution in [2.24, 2.45) is 0 Å². The van der Waals surface area contributed by atoms with Gasteiger partial charge in [-0.3, -0.25) is 4.79 Å². The second kappa shape index (κ2) is 7.83. The lowest BCUT2D eigenvalue weighted by Crippen LogP contribution is -2.23. The van der Waals surface area contributed by atoms with E-state index in [2.05, 4.69) is 0 Å². The highest BCUT2D eigenvalue weighted by Crippen LogP contribution is 2.21. The van der Waals surface area contributed by atoms with Crippen LogP contribution in [-0.2, 0) is 16.0 Å². The smallest absolute Gasteiger partial charge is 0.338 e. The molecule has 0 bridgehead atoms. The molecule has 5 nitrogen and oxygen atoms in total. The normalized spacial score (nSPS) is 13.8. The molecule has 0 atom stereocenters. The standard InChI is InChI=1S/C20H21NO4/c1-24-18-10-4-15(5-11-18)12-14-25-20(23)16-6-8-17(9-7-16)21-13-2-3-19(21)22/h4-11H,2-3,12-14H2,1H3. The first kappa shape index (κ1) is 17.0. The Balaban J connectivity index is 1.51. The van der Waals surface area contributed by atoms with Crippen LogP contribution >= 0.6 is 0 Å². The molecular weight excluding hydrogens is 318 g/mol. The van der Waals surface area contributed by atoms with Crippen LogP contribution < -0.4 is 9.64 Å². The topological polar surface area (TPSA) is 55.8 Å². The van der Waals surface area contributed by atoms with Gasteiger partial charge < -0.3 is 14.4 Å². The van der Waals surface area contributed by atoms with Crippen molar-refractivity contribution in [2.45, 2.75) is 19.3 Å². The van der Waals surface area contributed by atoms with Crippen LogP contribution in [0, 0.1) is 0 Å². The highest BCUT2D eigenvalue weighted by Gasteiger charge is 2.21. The van der Waals surface area contributed by atoms with E-state index in [0.29, 0.717) is 25.0 Å². The third-order valence-corrected chi connectivity index (χ3v) is 4.27. The lowest BCUT2D eigenvalue weighted by Gasteiger charge is -2.15. The van der Waals surface area contributed by atoms with Crippen LogP contribution in [0.2, 0.25) is 0 Å². The zero-order chi connectivity index (χ0) is 17.6. The number of esters is 1. The Kier molecular flexibility index (Phi) is 5.33. The van der Waals surface area contributed by atoms with E-state index >= 15 is 0 Å². The van der Waals surface area contributed by atoms with Gasteiger partial charge in [0.25, 0.3) is 0 Å². The lowest BCUT2D eigenvalue weighted by atomic mass is 10.1. The fourth-order valence-corrected chi connectivity index (χ4v) is 2.84. The maximum Gasteiger partial charge on any atom is 0.338 e. The summed E-state index contributed by atoms with van der Waals surface area (Å²) in [5.41, 5.74) is 2.40. The number of hydrogen-bond acceptors (Lipinski definition) is 4. The predicted molar refractivity (Wildman–Crippen MR) is 95.0 cm³/mol. The number of nitrogens with zero attached hydrogens (tertiary/aromatic N) is 1. The molecule has 0 radical (unpaired) electrons. The molecule has 1 aliphatic rings. The van der Waals surface area contributed by atoms with Gasteiger partial charge in [-0.15, -0.1) is 0 Å². The summed E-state index contributed by atoms with van der Waals surface area (Å²) in [7, 11) is 1.63. The first-order valence-corrected chi connectivity index (χ1v) is 8.38. The van der Waals surface area contributed by atoms with Crippen molar-refractivity contribution in [1.82, 2.24) is 0 Å². The fourth-order valence-electron chi connectivity index (χ4n) is 2.84. The Hall–Kier alpha value is -2.82. The third kappa shape index (κ3) is 4.18. The summed E-state index contributed by atoms with van der Waals surface area (Å²) in [4.78, 5) is 25.6. The highest BCUT2D eigenvalue weighted by atomic mass is 16.5. The van der Waals surface area contributed by atoms with Gasteiger partial charge in [0.1, 0.15) is 5.75 Å². The molecule has 5 heteroatoms. The number of carbonyl (C=O) groups is 2. The van der Waals surface area contributed by atoms with Crippen LogP contribution in [-0.4, -0.2) is 32.1 Å². The largest absolute Gasteiger partial charge is 0.497 e. The second-order valence-corrected chi connectivity index (χ2v) is 5.93. The summed E-state index contributed by atoms with van der Waals surface area (Å²) in [6.07, 6.45) is 2.12. The molecule has 1 fully saturated rings. The minimum absolute atomic E-state index is 0.134. The summed E-state index contributed by atoms with van der Waals surface area (Å²) in [5.74, 6) is 0.583. The van der Waals surface area contributed by atoms with Gasteiger partial charge in [-0.1, -0.05) is 12.1 Å². The van der Waals surface area contributed by atoms with Crippen LogP contribution in [0.4, 0.5) is 5.69 Å². The number of carbonyl (C=O) groups excluding carboxylic acids is 2. The molecule has 0 spiro atoms. The molecule has 0 N–H and O–H groups in total. The zero-order valence-corrected chi connectivity index (χ0v) is 14.2. The van der Waals surface area contributed by atoms with E-state index in [1.165, 1.54) is 0 Å². The van der Waals surface area contributed by atoms with Crippen molar-refractivity contribution < 1.29 is 19.1 Å². The number of rotatable bonds is 6. The number of benzene rings is 2. The predicted octanol–water partition coefficient (Wildman–Crippen LogP) is 3.22. The Labute approximate surface area is 147 Å². The van der Waals surface area contributed by atoms with E-state index < -0.39 is 0 Å². The number of amides is 1. The van der Waals surface area contributed by atoms with Crippen molar-refractivity contribution in [3.63, 3.8) is 0 Å². The van der Waals surface area contributed by atoms with Crippen LogP contribution in [0.3, 0.4) is 0 Å². The molecule has 0 saturated carbocycles. The van der Waals surface area contributed by atoms with Gasteiger partial charge >= 0.3 is 5.97 Å². The first-order chi connectivity index (χ1) is 12.2. The van der Waals surface area contributed by atoms with E-state index in [4.69, 9.17) is 9.47 Å². The summed E-state index contributed by atoms with van der Waals surface area (Å²) in [6.45, 7) is 1.06. The number of methoxy groups -OCH3 is 1. The van der Waals surface area contributed by atoms with E-state index in [9.17, 15) is 9.59 Å². The van der Waals surface area contributed by atoms with E-state index in [-0.39, 0.29) is 11.9 Å². The number of ether oxygens (including phenoxy) is 2. The van der Waals surface area contributed by atoms with Gasteiger partial charge in [-0.05, 0) is 48.4 Å². The van der Waals surface area contributed by atoms with Gasteiger partial charge in [0, 0.05) is 25.1 Å². The second-order valence-electron chi connectivity index (χ2n) is 5.93. The SMILES string of the molecule is COc1ccc(CCOC(=O)c2ccc(N3CCCC3=O)cc2)cc1. The molecule has 1 saturated heterocycles. The molecule has 0 aromatic heterocycles. The molecule has 1 aliphatic heterocycles. The summed E-state index contributed by atoms with van der Waals surface area (Å²) >= 11 is 0. The van der Waals surface area contributed by atoms with Gasteiger partial charge in [-0.2, -0.15) is 0 Å². The van der Waals surface area contributed by atoms with E-state index in [1.807, 2.05) is 24.3 Å². The monoisotopic (exact) mass is 339 g/mol. The molecule has 0 unspecified atom stereocenters. The fraction of sp³-hybridized carbons (Fsp3) is 0.300. The van der Waals surface area contributed by atoms with E-state index in [0.717, 1.165) is 30.0 Å². The summed E-state index contributed by atoms with van der Waals surface area (Å²) in [6, 6.07) is 14.7. The minimum Gasteiger partial charge on any atom is -0.497 e. The number of hydrogen-bond donors (Lipinski definition) is 0.